The summed E-state index contributed by atoms with van der Waals surface area (Å²) in [6.07, 6.45) is 5.14. The molecular weight excluding hydrogens is 506 g/mol. The minimum absolute atomic E-state index is 0.192. The Labute approximate surface area is 226 Å². The van der Waals surface area contributed by atoms with Crippen LogP contribution < -0.4 is 5.32 Å². The largest absolute Gasteiger partial charge is 0.337 e. The third-order valence-electron chi connectivity index (χ3n) is 6.52. The zero-order chi connectivity index (χ0) is 26.3. The van der Waals surface area contributed by atoms with Crippen LogP contribution in [-0.4, -0.2) is 36.0 Å². The molecule has 1 amide bonds. The van der Waals surface area contributed by atoms with Crippen molar-refractivity contribution >= 4 is 45.0 Å². The van der Waals surface area contributed by atoms with Gasteiger partial charge in [-0.2, -0.15) is 5.10 Å². The molecule has 39 heavy (non-hydrogen) atoms. The van der Waals surface area contributed by atoms with Gasteiger partial charge in [-0.25, -0.2) is 9.97 Å². The predicted molar refractivity (Wildman–Crippen MR) is 155 cm³/mol. The van der Waals surface area contributed by atoms with E-state index in [2.05, 4.69) is 55.6 Å². The second kappa shape index (κ2) is 9.30. The van der Waals surface area contributed by atoms with E-state index >= 15 is 0 Å². The maximum Gasteiger partial charge on any atom is 0.255 e. The number of thiophene rings is 1. The molecule has 7 rings (SSSR count). The Morgan fingerprint density at radius 2 is 1.79 bits per heavy atom. The molecule has 5 aromatic heterocycles. The molecule has 0 atom stereocenters. The molecule has 0 unspecified atom stereocenters. The van der Waals surface area contributed by atoms with Crippen molar-refractivity contribution in [2.75, 3.05) is 5.32 Å². The lowest BCUT2D eigenvalue weighted by atomic mass is 10.1. The summed E-state index contributed by atoms with van der Waals surface area (Å²) in [5.74, 6) is 0.472. The first kappa shape index (κ1) is 23.0. The molecule has 0 radical (unpaired) electrons. The van der Waals surface area contributed by atoms with Crippen molar-refractivity contribution in [1.29, 1.82) is 0 Å². The molecule has 0 aliphatic heterocycles. The number of nitrogens with one attached hydrogen (secondary N) is 3. The van der Waals surface area contributed by atoms with E-state index in [1.54, 1.807) is 42.1 Å². The van der Waals surface area contributed by atoms with Gasteiger partial charge in [-0.3, -0.25) is 14.9 Å². The molecule has 8 nitrogen and oxygen atoms in total. The van der Waals surface area contributed by atoms with Crippen molar-refractivity contribution in [3.8, 4) is 33.1 Å². The number of aromatic nitrogens is 6. The zero-order valence-electron chi connectivity index (χ0n) is 20.8. The maximum atomic E-state index is 12.6. The lowest BCUT2D eigenvalue weighted by Crippen LogP contribution is -2.11. The number of hydrogen-bond acceptors (Lipinski definition) is 6. The van der Waals surface area contributed by atoms with Crippen LogP contribution in [0, 0.1) is 6.92 Å². The van der Waals surface area contributed by atoms with Crippen LogP contribution in [0.4, 0.5) is 5.69 Å². The van der Waals surface area contributed by atoms with Gasteiger partial charge < -0.3 is 10.3 Å². The highest BCUT2D eigenvalue weighted by atomic mass is 32.1. The number of nitrogens with zero attached hydrogens (tertiary/aromatic N) is 4. The van der Waals surface area contributed by atoms with E-state index in [0.29, 0.717) is 28.4 Å². The average Bonchev–Trinajstić information content (AvgIpc) is 3.71. The van der Waals surface area contributed by atoms with E-state index in [-0.39, 0.29) is 5.91 Å². The summed E-state index contributed by atoms with van der Waals surface area (Å²) in [5, 5.41) is 11.3. The zero-order valence-corrected chi connectivity index (χ0v) is 21.6. The lowest BCUT2D eigenvalue weighted by Gasteiger charge is -2.07. The number of rotatable bonds is 5. The Morgan fingerprint density at radius 1 is 0.923 bits per heavy atom. The summed E-state index contributed by atoms with van der Waals surface area (Å²) in [4.78, 5) is 32.4. The van der Waals surface area contributed by atoms with Gasteiger partial charge in [0.25, 0.3) is 5.91 Å². The van der Waals surface area contributed by atoms with Crippen LogP contribution in [0.5, 0.6) is 0 Å². The van der Waals surface area contributed by atoms with E-state index < -0.39 is 0 Å². The summed E-state index contributed by atoms with van der Waals surface area (Å²) in [6.45, 7) is 2.10. The van der Waals surface area contributed by atoms with E-state index in [1.165, 1.54) is 9.75 Å². The molecule has 2 aromatic carbocycles. The number of carbonyl (C=O) groups is 1. The molecule has 0 aliphatic rings. The van der Waals surface area contributed by atoms with Gasteiger partial charge in [-0.15, -0.1) is 11.3 Å². The Morgan fingerprint density at radius 3 is 2.64 bits per heavy atom. The number of pyridine rings is 2. The van der Waals surface area contributed by atoms with Gasteiger partial charge in [0.15, 0.2) is 11.5 Å². The molecule has 9 heteroatoms. The molecule has 0 bridgehead atoms. The number of H-pyrrole nitrogens is 2. The van der Waals surface area contributed by atoms with Crippen LogP contribution in [0.1, 0.15) is 15.2 Å². The number of anilines is 1. The number of fused-ring (bicyclic) bond motifs is 2. The van der Waals surface area contributed by atoms with Crippen LogP contribution in [0.3, 0.4) is 0 Å². The molecule has 0 spiro atoms. The fourth-order valence-corrected chi connectivity index (χ4v) is 5.52. The van der Waals surface area contributed by atoms with E-state index in [1.807, 2.05) is 42.5 Å². The van der Waals surface area contributed by atoms with Gasteiger partial charge in [0.1, 0.15) is 5.69 Å². The minimum atomic E-state index is -0.192. The predicted octanol–water partition coefficient (Wildman–Crippen LogP) is 6.85. The van der Waals surface area contributed by atoms with Gasteiger partial charge >= 0.3 is 0 Å². The van der Waals surface area contributed by atoms with Crippen molar-refractivity contribution < 1.29 is 4.79 Å². The lowest BCUT2D eigenvalue weighted by molar-refractivity contribution is 0.102. The maximum absolute atomic E-state index is 12.6. The Hall–Kier alpha value is -5.15. The van der Waals surface area contributed by atoms with Crippen molar-refractivity contribution in [3.05, 3.63) is 102 Å². The number of hydrogen-bond donors (Lipinski definition) is 3. The first-order chi connectivity index (χ1) is 19.1. The monoisotopic (exact) mass is 527 g/mol. The van der Waals surface area contributed by atoms with Crippen LogP contribution in [0.15, 0.2) is 91.4 Å². The van der Waals surface area contributed by atoms with Gasteiger partial charge in [-0.1, -0.05) is 30.3 Å². The summed E-state index contributed by atoms with van der Waals surface area (Å²) in [6, 6.07) is 23.4. The molecule has 0 aliphatic carbocycles. The van der Waals surface area contributed by atoms with E-state index in [0.717, 1.165) is 33.1 Å². The van der Waals surface area contributed by atoms with E-state index in [9.17, 15) is 4.79 Å². The van der Waals surface area contributed by atoms with Crippen LogP contribution >= 0.6 is 11.3 Å². The number of carbonyl (C=O) groups excluding carboxylic acids is 1. The van der Waals surface area contributed by atoms with Crippen molar-refractivity contribution in [2.24, 2.45) is 0 Å². The first-order valence-electron chi connectivity index (χ1n) is 12.3. The minimum Gasteiger partial charge on any atom is -0.337 e. The normalized spacial score (nSPS) is 11.3. The topological polar surface area (TPSA) is 112 Å². The number of benzene rings is 2. The van der Waals surface area contributed by atoms with Gasteiger partial charge in [-0.05, 0) is 49.4 Å². The fourth-order valence-electron chi connectivity index (χ4n) is 4.62. The average molecular weight is 528 g/mol. The fraction of sp³-hybridized carbons (Fsp3) is 0.0333. The van der Waals surface area contributed by atoms with Crippen molar-refractivity contribution in [1.82, 2.24) is 30.1 Å². The first-order valence-corrected chi connectivity index (χ1v) is 13.2. The third kappa shape index (κ3) is 4.24. The molecule has 3 N–H and O–H groups in total. The summed E-state index contributed by atoms with van der Waals surface area (Å²) in [5.41, 5.74) is 7.13. The number of imidazole rings is 1. The smallest absolute Gasteiger partial charge is 0.255 e. The van der Waals surface area contributed by atoms with Gasteiger partial charge in [0.05, 0.1) is 28.3 Å². The molecule has 5 heterocycles. The standard InChI is InChI=1S/C30H21N7OS/c1-17-10-11-25(39-17)22-8-5-9-24-26(22)35-29(34-24)27-23-13-20(15-32-28(23)37-36-27)19-12-21(16-31-14-19)33-30(38)18-6-3-2-4-7-18/h2-16H,1H3,(H,33,38)(H,34,35)(H,32,36,37). The summed E-state index contributed by atoms with van der Waals surface area (Å²) < 4.78 is 0. The Kier molecular flexibility index (Phi) is 5.49. The molecular formula is C30H21N7OS. The molecule has 0 saturated heterocycles. The Balaban J connectivity index is 1.25. The highest BCUT2D eigenvalue weighted by Gasteiger charge is 2.17. The molecule has 7 aromatic rings. The summed E-state index contributed by atoms with van der Waals surface area (Å²) >= 11 is 1.75. The highest BCUT2D eigenvalue weighted by molar-refractivity contribution is 7.15. The van der Waals surface area contributed by atoms with Crippen LogP contribution in [-0.2, 0) is 0 Å². The van der Waals surface area contributed by atoms with Crippen LogP contribution in [0.2, 0.25) is 0 Å². The Bertz CT molecular complexity index is 1990. The third-order valence-corrected chi connectivity index (χ3v) is 7.56. The number of aromatic amines is 2. The second-order valence-corrected chi connectivity index (χ2v) is 10.5. The number of aryl methyl sites for hydroxylation is 1. The molecule has 188 valence electrons. The van der Waals surface area contributed by atoms with Crippen molar-refractivity contribution in [2.45, 2.75) is 6.92 Å². The van der Waals surface area contributed by atoms with Crippen molar-refractivity contribution in [3.63, 3.8) is 0 Å². The highest BCUT2D eigenvalue weighted by Crippen LogP contribution is 2.35. The molecule has 0 saturated carbocycles. The van der Waals surface area contributed by atoms with Gasteiger partial charge in [0.2, 0.25) is 0 Å². The summed E-state index contributed by atoms with van der Waals surface area (Å²) in [7, 11) is 0. The number of amides is 1. The quantitative estimate of drug-likeness (QED) is 0.227. The van der Waals surface area contributed by atoms with Gasteiger partial charge in [0, 0.05) is 44.4 Å². The number of para-hydroxylation sites is 1. The van der Waals surface area contributed by atoms with Crippen LogP contribution in [0.25, 0.3) is 55.2 Å². The molecule has 0 fully saturated rings. The second-order valence-electron chi connectivity index (χ2n) is 9.17. The van der Waals surface area contributed by atoms with E-state index in [4.69, 9.17) is 4.98 Å². The SMILES string of the molecule is Cc1ccc(-c2cccc3[nH]c(-c4n[nH]c5ncc(-c6cncc(NC(=O)c7ccccc7)c6)cc45)nc23)s1.